The molecule has 0 spiro atoms. The number of nitrogens with zero attached hydrogens (tertiary/aromatic N) is 1. The molecule has 0 fully saturated rings. The largest absolute Gasteiger partial charge is 0.454 e. The molecule has 0 aromatic heterocycles. The van der Waals surface area contributed by atoms with Crippen LogP contribution in [0.1, 0.15) is 5.56 Å². The highest BCUT2D eigenvalue weighted by Gasteiger charge is 2.29. The Morgan fingerprint density at radius 1 is 1.00 bits per heavy atom. The average Bonchev–Trinajstić information content (AvgIpc) is 3.31. The Hall–Kier alpha value is -4.12. The SMILES string of the molecule is CN(C(=O)[C@H](Cc1ccccc1)NC(=O)NS(=O)(=O)c1ccccc1F)c1ccc2c(c1)OCO2. The van der Waals surface area contributed by atoms with Crippen molar-refractivity contribution in [2.24, 2.45) is 0 Å². The molecule has 0 aliphatic carbocycles. The van der Waals surface area contributed by atoms with E-state index in [1.807, 2.05) is 0 Å². The number of anilines is 1. The Morgan fingerprint density at radius 3 is 2.43 bits per heavy atom. The van der Waals surface area contributed by atoms with E-state index >= 15 is 0 Å². The molecule has 0 saturated carbocycles. The normalized spacial score (nSPS) is 13.1. The third-order valence-electron chi connectivity index (χ3n) is 5.31. The van der Waals surface area contributed by atoms with Crippen LogP contribution < -0.4 is 24.4 Å². The fourth-order valence-electron chi connectivity index (χ4n) is 3.53. The fraction of sp³-hybridized carbons (Fsp3) is 0.167. The van der Waals surface area contributed by atoms with E-state index in [0.29, 0.717) is 17.2 Å². The van der Waals surface area contributed by atoms with Crippen LogP contribution in [0.5, 0.6) is 11.5 Å². The number of benzene rings is 3. The number of rotatable bonds is 7. The monoisotopic (exact) mass is 499 g/mol. The topological polar surface area (TPSA) is 114 Å². The van der Waals surface area contributed by atoms with Crippen LogP contribution in [0.4, 0.5) is 14.9 Å². The van der Waals surface area contributed by atoms with E-state index in [2.05, 4.69) is 5.32 Å². The molecule has 1 aliphatic rings. The highest BCUT2D eigenvalue weighted by Crippen LogP contribution is 2.35. The van der Waals surface area contributed by atoms with Crippen LogP contribution >= 0.6 is 0 Å². The Bertz CT molecular complexity index is 1350. The maximum Gasteiger partial charge on any atom is 0.329 e. The second-order valence-electron chi connectivity index (χ2n) is 7.69. The van der Waals surface area contributed by atoms with Crippen molar-refractivity contribution in [1.29, 1.82) is 0 Å². The molecule has 0 radical (unpaired) electrons. The molecule has 1 atom stereocenters. The minimum absolute atomic E-state index is 0.0747. The number of likely N-dealkylation sites (N-methyl/N-ethyl adjacent to an activating group) is 1. The van der Waals surface area contributed by atoms with Gasteiger partial charge in [-0.2, -0.15) is 0 Å². The van der Waals surface area contributed by atoms with Crippen molar-refractivity contribution >= 4 is 27.6 Å². The smallest absolute Gasteiger partial charge is 0.329 e. The standard InChI is InChI=1S/C24H22FN3O6S/c1-28(17-11-12-20-21(14-17)34-15-33-20)23(29)19(13-16-7-3-2-4-8-16)26-24(30)27-35(31,32)22-10-6-5-9-18(22)25/h2-12,14,19H,13,15H2,1H3,(H2,26,27,30)/t19-/m0/s1. The zero-order valence-electron chi connectivity index (χ0n) is 18.6. The van der Waals surface area contributed by atoms with Gasteiger partial charge in [-0.3, -0.25) is 4.79 Å². The van der Waals surface area contributed by atoms with Crippen LogP contribution in [-0.2, 0) is 21.2 Å². The Balaban J connectivity index is 1.55. The van der Waals surface area contributed by atoms with Gasteiger partial charge in [0.25, 0.3) is 10.0 Å². The summed E-state index contributed by atoms with van der Waals surface area (Å²) in [4.78, 5) is 26.6. The molecule has 9 nitrogen and oxygen atoms in total. The number of urea groups is 1. The fourth-order valence-corrected chi connectivity index (χ4v) is 4.53. The van der Waals surface area contributed by atoms with E-state index in [1.165, 1.54) is 24.1 Å². The molecule has 4 rings (SSSR count). The Labute approximate surface area is 201 Å². The second kappa shape index (κ2) is 10.0. The first-order valence-electron chi connectivity index (χ1n) is 10.5. The summed E-state index contributed by atoms with van der Waals surface area (Å²) >= 11 is 0. The lowest BCUT2D eigenvalue weighted by Gasteiger charge is -2.25. The molecular weight excluding hydrogens is 477 g/mol. The number of hydrogen-bond acceptors (Lipinski definition) is 6. The molecule has 2 N–H and O–H groups in total. The number of amides is 3. The number of carbonyl (C=O) groups is 2. The first-order valence-corrected chi connectivity index (χ1v) is 12.0. The zero-order chi connectivity index (χ0) is 25.0. The summed E-state index contributed by atoms with van der Waals surface area (Å²) in [5.41, 5.74) is 1.22. The van der Waals surface area contributed by atoms with E-state index in [-0.39, 0.29) is 13.2 Å². The third kappa shape index (κ3) is 5.52. The number of nitrogens with one attached hydrogen (secondary N) is 2. The van der Waals surface area contributed by atoms with Gasteiger partial charge in [-0.15, -0.1) is 0 Å². The first kappa shape index (κ1) is 24.0. The lowest BCUT2D eigenvalue weighted by Crippen LogP contribution is -2.52. The molecule has 0 bridgehead atoms. The van der Waals surface area contributed by atoms with Gasteiger partial charge in [-0.25, -0.2) is 22.3 Å². The van der Waals surface area contributed by atoms with Crippen LogP contribution in [0.25, 0.3) is 0 Å². The maximum absolute atomic E-state index is 14.0. The summed E-state index contributed by atoms with van der Waals surface area (Å²) in [6.07, 6.45) is 0.0851. The molecule has 0 unspecified atom stereocenters. The van der Waals surface area contributed by atoms with Gasteiger partial charge in [-0.1, -0.05) is 42.5 Å². The van der Waals surface area contributed by atoms with Crippen LogP contribution in [0.15, 0.2) is 77.7 Å². The van der Waals surface area contributed by atoms with Crippen LogP contribution in [0.3, 0.4) is 0 Å². The molecule has 1 heterocycles. The van der Waals surface area contributed by atoms with Crippen molar-refractivity contribution in [1.82, 2.24) is 10.0 Å². The van der Waals surface area contributed by atoms with Gasteiger partial charge in [-0.05, 0) is 29.8 Å². The van der Waals surface area contributed by atoms with Gasteiger partial charge in [0.05, 0.1) is 0 Å². The summed E-state index contributed by atoms with van der Waals surface area (Å²) in [5, 5.41) is 2.41. The first-order chi connectivity index (χ1) is 16.7. The maximum atomic E-state index is 14.0. The zero-order valence-corrected chi connectivity index (χ0v) is 19.4. The van der Waals surface area contributed by atoms with Gasteiger partial charge < -0.3 is 19.7 Å². The minimum atomic E-state index is -4.51. The summed E-state index contributed by atoms with van der Waals surface area (Å²) in [6, 6.07) is 16.2. The average molecular weight is 500 g/mol. The predicted octanol–water partition coefficient (Wildman–Crippen LogP) is 2.82. The predicted molar refractivity (Wildman–Crippen MR) is 125 cm³/mol. The van der Waals surface area contributed by atoms with E-state index in [0.717, 1.165) is 17.7 Å². The molecule has 1 aliphatic heterocycles. The van der Waals surface area contributed by atoms with Crippen LogP contribution in [0, 0.1) is 5.82 Å². The minimum Gasteiger partial charge on any atom is -0.454 e. The molecule has 0 saturated heterocycles. The van der Waals surface area contributed by atoms with Gasteiger partial charge in [0.15, 0.2) is 11.5 Å². The summed E-state index contributed by atoms with van der Waals surface area (Å²) in [6.45, 7) is 0.0747. The lowest BCUT2D eigenvalue weighted by atomic mass is 10.0. The highest BCUT2D eigenvalue weighted by molar-refractivity contribution is 7.90. The van der Waals surface area contributed by atoms with Crippen molar-refractivity contribution in [3.8, 4) is 11.5 Å². The number of sulfonamides is 1. The molecule has 11 heteroatoms. The summed E-state index contributed by atoms with van der Waals surface area (Å²) in [7, 11) is -2.98. The van der Waals surface area contributed by atoms with E-state index in [9.17, 15) is 22.4 Å². The molecule has 3 amide bonds. The molecule has 35 heavy (non-hydrogen) atoms. The highest BCUT2D eigenvalue weighted by atomic mass is 32.2. The summed E-state index contributed by atoms with van der Waals surface area (Å²) < 4.78 is 51.4. The molecule has 3 aromatic carbocycles. The molecular formula is C24H22FN3O6S. The van der Waals surface area contributed by atoms with Crippen LogP contribution in [-0.4, -0.2) is 40.2 Å². The number of fused-ring (bicyclic) bond motifs is 1. The van der Waals surface area contributed by atoms with Crippen LogP contribution in [0.2, 0.25) is 0 Å². The number of carbonyl (C=O) groups excluding carboxylic acids is 2. The quantitative estimate of drug-likeness (QED) is 0.517. The van der Waals surface area contributed by atoms with E-state index in [1.54, 1.807) is 53.3 Å². The number of ether oxygens (including phenoxy) is 2. The van der Waals surface area contributed by atoms with Gasteiger partial charge in [0, 0.05) is 25.2 Å². The van der Waals surface area contributed by atoms with Crippen molar-refractivity contribution in [2.75, 3.05) is 18.7 Å². The summed E-state index contributed by atoms with van der Waals surface area (Å²) in [5.74, 6) is -0.492. The van der Waals surface area contributed by atoms with Gasteiger partial charge in [0.1, 0.15) is 16.8 Å². The van der Waals surface area contributed by atoms with Crippen molar-refractivity contribution in [2.45, 2.75) is 17.4 Å². The second-order valence-corrected chi connectivity index (χ2v) is 9.34. The Kier molecular flexibility index (Phi) is 6.87. The Morgan fingerprint density at radius 2 is 1.69 bits per heavy atom. The molecule has 182 valence electrons. The van der Waals surface area contributed by atoms with E-state index < -0.39 is 38.7 Å². The van der Waals surface area contributed by atoms with Gasteiger partial charge >= 0.3 is 6.03 Å². The van der Waals surface area contributed by atoms with Crippen molar-refractivity contribution in [3.05, 3.63) is 84.2 Å². The van der Waals surface area contributed by atoms with Crippen molar-refractivity contribution < 1.29 is 31.9 Å². The number of hydrogen-bond donors (Lipinski definition) is 2. The number of halogens is 1. The molecule has 3 aromatic rings. The van der Waals surface area contributed by atoms with Crippen molar-refractivity contribution in [3.63, 3.8) is 0 Å². The third-order valence-corrected chi connectivity index (χ3v) is 6.68. The van der Waals surface area contributed by atoms with Gasteiger partial charge in [0.2, 0.25) is 12.7 Å². The lowest BCUT2D eigenvalue weighted by molar-refractivity contribution is -0.120. The van der Waals surface area contributed by atoms with E-state index in [4.69, 9.17) is 9.47 Å².